The van der Waals surface area contributed by atoms with Gasteiger partial charge in [-0.3, -0.25) is 14.7 Å². The number of rotatable bonds is 3. The van der Waals surface area contributed by atoms with Crippen LogP contribution in [0.1, 0.15) is 32.5 Å². The number of nitrogens with zero attached hydrogens (tertiary/aromatic N) is 3. The van der Waals surface area contributed by atoms with Crippen molar-refractivity contribution in [2.75, 3.05) is 33.8 Å². The largest absolute Gasteiger partial charge is 0.465 e. The second kappa shape index (κ2) is 7.12. The van der Waals surface area contributed by atoms with Gasteiger partial charge in [-0.25, -0.2) is 4.79 Å². The maximum atomic E-state index is 12.9. The minimum Gasteiger partial charge on any atom is -0.465 e. The van der Waals surface area contributed by atoms with Crippen LogP contribution in [0, 0.1) is 11.8 Å². The fraction of sp³-hybridized carbons (Fsp3) is 0.381. The number of ether oxygens (including phenoxy) is 1. The second-order valence-corrected chi connectivity index (χ2v) is 7.35. The summed E-state index contributed by atoms with van der Waals surface area (Å²) in [5, 5.41) is 0. The zero-order chi connectivity index (χ0) is 19.0. The minimum atomic E-state index is -0.453. The number of amides is 1. The van der Waals surface area contributed by atoms with Crippen LogP contribution in [0.2, 0.25) is 0 Å². The van der Waals surface area contributed by atoms with E-state index in [1.54, 1.807) is 12.1 Å². The van der Waals surface area contributed by atoms with E-state index in [2.05, 4.69) is 45.9 Å². The Labute approximate surface area is 158 Å². The monoisotopic (exact) mass is 365 g/mol. The summed E-state index contributed by atoms with van der Waals surface area (Å²) in [7, 11) is 3.49. The molecule has 0 aliphatic carbocycles. The first-order chi connectivity index (χ1) is 13.1. The van der Waals surface area contributed by atoms with Crippen LogP contribution >= 0.6 is 0 Å². The topological polar surface area (TPSA) is 62.7 Å². The first-order valence-corrected chi connectivity index (χ1v) is 9.17. The maximum absolute atomic E-state index is 12.9. The highest BCUT2D eigenvalue weighted by Crippen LogP contribution is 2.44. The molecule has 0 N–H and O–H groups in total. The van der Waals surface area contributed by atoms with Crippen molar-refractivity contribution in [3.63, 3.8) is 0 Å². The van der Waals surface area contributed by atoms with Gasteiger partial charge in [0, 0.05) is 37.8 Å². The lowest BCUT2D eigenvalue weighted by molar-refractivity contribution is 0.0599. The van der Waals surface area contributed by atoms with Crippen LogP contribution in [0.25, 0.3) is 0 Å². The van der Waals surface area contributed by atoms with Crippen LogP contribution in [0.5, 0.6) is 0 Å². The quantitative estimate of drug-likeness (QED) is 0.781. The van der Waals surface area contributed by atoms with E-state index in [4.69, 9.17) is 0 Å². The third-order valence-corrected chi connectivity index (χ3v) is 5.73. The predicted octanol–water partition coefficient (Wildman–Crippen LogP) is 2.24. The average Bonchev–Trinajstić information content (AvgIpc) is 3.24. The van der Waals surface area contributed by atoms with Crippen molar-refractivity contribution in [1.29, 1.82) is 0 Å². The van der Waals surface area contributed by atoms with Crippen molar-refractivity contribution >= 4 is 11.9 Å². The summed E-state index contributed by atoms with van der Waals surface area (Å²) in [6.07, 6.45) is 1.40. The number of fused-ring (bicyclic) bond motifs is 1. The van der Waals surface area contributed by atoms with E-state index in [0.717, 1.165) is 19.6 Å². The lowest BCUT2D eigenvalue weighted by atomic mass is 9.90. The molecule has 0 spiro atoms. The van der Waals surface area contributed by atoms with Crippen molar-refractivity contribution in [3.8, 4) is 0 Å². The molecule has 6 nitrogen and oxygen atoms in total. The van der Waals surface area contributed by atoms with Gasteiger partial charge in [0.1, 0.15) is 5.69 Å². The molecule has 2 aliphatic heterocycles. The molecule has 4 rings (SSSR count). The predicted molar refractivity (Wildman–Crippen MR) is 100 cm³/mol. The molecule has 0 unspecified atom stereocenters. The summed E-state index contributed by atoms with van der Waals surface area (Å²) in [6, 6.07) is 14.0. The van der Waals surface area contributed by atoms with E-state index in [9.17, 15) is 9.59 Å². The molecule has 1 aromatic carbocycles. The highest BCUT2D eigenvalue weighted by Gasteiger charge is 2.47. The number of esters is 1. The molecule has 2 aromatic rings. The first-order valence-electron chi connectivity index (χ1n) is 9.17. The summed E-state index contributed by atoms with van der Waals surface area (Å²) < 4.78 is 4.67. The molecule has 0 radical (unpaired) electrons. The molecule has 3 atom stereocenters. The number of carbonyl (C=O) groups is 2. The molecule has 2 aliphatic rings. The Morgan fingerprint density at radius 3 is 2.52 bits per heavy atom. The van der Waals surface area contributed by atoms with Crippen LogP contribution < -0.4 is 0 Å². The number of carbonyl (C=O) groups excluding carboxylic acids is 2. The van der Waals surface area contributed by atoms with Gasteiger partial charge < -0.3 is 9.64 Å². The van der Waals surface area contributed by atoms with Crippen LogP contribution in [0.4, 0.5) is 0 Å². The lowest BCUT2D eigenvalue weighted by Crippen LogP contribution is -2.33. The lowest BCUT2D eigenvalue weighted by Gasteiger charge is -2.26. The van der Waals surface area contributed by atoms with Gasteiger partial charge in [0.25, 0.3) is 5.91 Å². The van der Waals surface area contributed by atoms with Gasteiger partial charge in [0.15, 0.2) is 0 Å². The number of hydrogen-bond acceptors (Lipinski definition) is 5. The van der Waals surface area contributed by atoms with Crippen molar-refractivity contribution in [2.45, 2.75) is 6.04 Å². The summed E-state index contributed by atoms with van der Waals surface area (Å²) in [4.78, 5) is 32.9. The zero-order valence-corrected chi connectivity index (χ0v) is 15.5. The smallest absolute Gasteiger partial charge is 0.339 e. The molecule has 2 fully saturated rings. The van der Waals surface area contributed by atoms with E-state index in [1.165, 1.54) is 18.9 Å². The Balaban J connectivity index is 1.49. The average molecular weight is 365 g/mol. The SMILES string of the molecule is COC(=O)c1ccc(C(=O)N2C[C@@H]3CN(C)[C@@H](c4ccccc4)[C@@H]3C2)nc1. The first kappa shape index (κ1) is 17.7. The van der Waals surface area contributed by atoms with E-state index >= 15 is 0 Å². The van der Waals surface area contributed by atoms with E-state index in [1.807, 2.05) is 11.0 Å². The number of hydrogen-bond donors (Lipinski definition) is 0. The van der Waals surface area contributed by atoms with E-state index < -0.39 is 5.97 Å². The summed E-state index contributed by atoms with van der Waals surface area (Å²) in [5.74, 6) is 0.371. The number of pyridine rings is 1. The van der Waals surface area contributed by atoms with Gasteiger partial charge in [0.2, 0.25) is 0 Å². The van der Waals surface area contributed by atoms with Gasteiger partial charge in [0.05, 0.1) is 12.7 Å². The molecular formula is C21H23N3O3. The molecule has 6 heteroatoms. The van der Waals surface area contributed by atoms with E-state index in [0.29, 0.717) is 29.1 Å². The fourth-order valence-corrected chi connectivity index (χ4v) is 4.50. The van der Waals surface area contributed by atoms with Crippen LogP contribution in [0.3, 0.4) is 0 Å². The van der Waals surface area contributed by atoms with Crippen LogP contribution in [0.15, 0.2) is 48.7 Å². The summed E-state index contributed by atoms with van der Waals surface area (Å²) >= 11 is 0. The van der Waals surface area contributed by atoms with Crippen LogP contribution in [-0.2, 0) is 4.74 Å². The molecule has 1 aromatic heterocycles. The van der Waals surface area contributed by atoms with Crippen LogP contribution in [-0.4, -0.2) is 60.5 Å². The summed E-state index contributed by atoms with van der Waals surface area (Å²) in [6.45, 7) is 2.47. The van der Waals surface area contributed by atoms with Gasteiger partial charge >= 0.3 is 5.97 Å². The number of benzene rings is 1. The number of methoxy groups -OCH3 is 1. The van der Waals surface area contributed by atoms with Crippen molar-refractivity contribution in [1.82, 2.24) is 14.8 Å². The maximum Gasteiger partial charge on any atom is 0.339 e. The van der Waals surface area contributed by atoms with Crippen molar-refractivity contribution < 1.29 is 14.3 Å². The van der Waals surface area contributed by atoms with Crippen molar-refractivity contribution in [3.05, 3.63) is 65.5 Å². The third kappa shape index (κ3) is 3.21. The van der Waals surface area contributed by atoms with Crippen molar-refractivity contribution in [2.24, 2.45) is 11.8 Å². The Morgan fingerprint density at radius 1 is 1.07 bits per heavy atom. The molecule has 3 heterocycles. The molecule has 2 saturated heterocycles. The highest BCUT2D eigenvalue weighted by atomic mass is 16.5. The molecule has 27 heavy (non-hydrogen) atoms. The Bertz CT molecular complexity index is 838. The van der Waals surface area contributed by atoms with Gasteiger partial charge in [-0.2, -0.15) is 0 Å². The Kier molecular flexibility index (Phi) is 4.66. The molecule has 1 amide bonds. The molecular weight excluding hydrogens is 342 g/mol. The summed E-state index contributed by atoms with van der Waals surface area (Å²) in [5.41, 5.74) is 2.02. The zero-order valence-electron chi connectivity index (χ0n) is 15.5. The molecule has 0 bridgehead atoms. The standard InChI is InChI=1S/C21H23N3O3/c1-23-11-16-12-24(13-17(16)19(23)14-6-4-3-5-7-14)20(25)18-9-8-15(10-22-18)21(26)27-2/h3-10,16-17,19H,11-13H2,1-2H3/t16-,17+,19-/m0/s1. The normalized spacial score (nSPS) is 24.7. The Hall–Kier alpha value is -2.73. The second-order valence-electron chi connectivity index (χ2n) is 7.35. The fourth-order valence-electron chi connectivity index (χ4n) is 4.50. The highest BCUT2D eigenvalue weighted by molar-refractivity contribution is 5.94. The van der Waals surface area contributed by atoms with Gasteiger partial charge in [-0.15, -0.1) is 0 Å². The van der Waals surface area contributed by atoms with E-state index in [-0.39, 0.29) is 5.91 Å². The van der Waals surface area contributed by atoms with Gasteiger partial charge in [-0.1, -0.05) is 30.3 Å². The Morgan fingerprint density at radius 2 is 1.85 bits per heavy atom. The molecule has 0 saturated carbocycles. The number of aromatic nitrogens is 1. The third-order valence-electron chi connectivity index (χ3n) is 5.73. The van der Waals surface area contributed by atoms with Gasteiger partial charge in [-0.05, 0) is 30.7 Å². The molecule has 140 valence electrons. The number of likely N-dealkylation sites (tertiary alicyclic amines) is 2. The minimum absolute atomic E-state index is 0.0738.